The minimum Gasteiger partial charge on any atom is -0.379 e. The number of aryl methyl sites for hydroxylation is 2. The van der Waals surface area contributed by atoms with Crippen molar-refractivity contribution < 1.29 is 9.53 Å². The van der Waals surface area contributed by atoms with E-state index in [-0.39, 0.29) is 5.91 Å². The van der Waals surface area contributed by atoms with Gasteiger partial charge < -0.3 is 4.74 Å². The molecule has 0 radical (unpaired) electrons. The third kappa shape index (κ3) is 4.61. The first kappa shape index (κ1) is 20.3. The van der Waals surface area contributed by atoms with Crippen molar-refractivity contribution in [3.05, 3.63) is 58.1 Å². The number of morpholine rings is 1. The number of anilines is 1. The third-order valence-corrected chi connectivity index (χ3v) is 6.60. The predicted octanol–water partition coefficient (Wildman–Crippen LogP) is 4.55. The fourth-order valence-corrected chi connectivity index (χ4v) is 4.74. The molecule has 152 valence electrons. The third-order valence-electron chi connectivity index (χ3n) is 5.12. The van der Waals surface area contributed by atoms with Crippen molar-refractivity contribution in [3.8, 4) is 0 Å². The van der Waals surface area contributed by atoms with Crippen LogP contribution >= 0.6 is 22.9 Å². The standard InChI is InChI=1S/C22H24ClN3O2S/c1-15-13-16(2)20-19(14-15)24-22(29-20)26(8-7-25-9-11-28-12-10-25)21(27)17-3-5-18(23)6-4-17/h3-6,13-14H,7-12H2,1-2H3. The van der Waals surface area contributed by atoms with Crippen LogP contribution < -0.4 is 4.90 Å². The molecule has 1 aliphatic rings. The number of ether oxygens (including phenoxy) is 1. The number of carbonyl (C=O) groups is 1. The van der Waals surface area contributed by atoms with Crippen molar-refractivity contribution in [3.63, 3.8) is 0 Å². The van der Waals surface area contributed by atoms with Gasteiger partial charge in [0.15, 0.2) is 5.13 Å². The lowest BCUT2D eigenvalue weighted by Crippen LogP contribution is -2.43. The number of nitrogens with zero attached hydrogens (tertiary/aromatic N) is 3. The fraction of sp³-hybridized carbons (Fsp3) is 0.364. The van der Waals surface area contributed by atoms with Gasteiger partial charge in [0.2, 0.25) is 0 Å². The number of halogens is 1. The Morgan fingerprint density at radius 2 is 1.93 bits per heavy atom. The van der Waals surface area contributed by atoms with Crippen molar-refractivity contribution in [2.75, 3.05) is 44.3 Å². The first-order valence-electron chi connectivity index (χ1n) is 9.76. The molecule has 7 heteroatoms. The average molecular weight is 430 g/mol. The second-order valence-corrected chi connectivity index (χ2v) is 8.76. The Morgan fingerprint density at radius 3 is 2.66 bits per heavy atom. The zero-order valence-corrected chi connectivity index (χ0v) is 18.2. The molecule has 1 saturated heterocycles. The Hall–Kier alpha value is -1.99. The minimum atomic E-state index is -0.0524. The second kappa shape index (κ2) is 8.79. The molecule has 4 rings (SSSR count). The van der Waals surface area contributed by atoms with Crippen LogP contribution in [0.2, 0.25) is 5.02 Å². The molecule has 2 heterocycles. The van der Waals surface area contributed by atoms with E-state index in [0.717, 1.165) is 48.2 Å². The van der Waals surface area contributed by atoms with Crippen LogP contribution in [0.4, 0.5) is 5.13 Å². The van der Waals surface area contributed by atoms with Gasteiger partial charge in [-0.25, -0.2) is 4.98 Å². The molecule has 0 spiro atoms. The van der Waals surface area contributed by atoms with Gasteiger partial charge in [0, 0.05) is 36.8 Å². The van der Waals surface area contributed by atoms with Crippen LogP contribution in [0.3, 0.4) is 0 Å². The number of hydrogen-bond acceptors (Lipinski definition) is 5. The molecule has 0 saturated carbocycles. The summed E-state index contributed by atoms with van der Waals surface area (Å²) in [6, 6.07) is 11.3. The van der Waals surface area contributed by atoms with Gasteiger partial charge in [-0.2, -0.15) is 0 Å². The number of carbonyl (C=O) groups excluding carboxylic acids is 1. The Morgan fingerprint density at radius 1 is 1.21 bits per heavy atom. The van der Waals surface area contributed by atoms with Gasteiger partial charge in [0.05, 0.1) is 23.4 Å². The summed E-state index contributed by atoms with van der Waals surface area (Å²) >= 11 is 7.59. The quantitative estimate of drug-likeness (QED) is 0.597. The SMILES string of the molecule is Cc1cc(C)c2sc(N(CCN3CCOCC3)C(=O)c3ccc(Cl)cc3)nc2c1. The van der Waals surface area contributed by atoms with Gasteiger partial charge in [-0.15, -0.1) is 0 Å². The van der Waals surface area contributed by atoms with Gasteiger partial charge in [0.1, 0.15) is 0 Å². The molecule has 1 fully saturated rings. The molecule has 1 amide bonds. The number of amides is 1. The van der Waals surface area contributed by atoms with Crippen LogP contribution in [0.5, 0.6) is 0 Å². The smallest absolute Gasteiger partial charge is 0.260 e. The molecule has 0 bridgehead atoms. The lowest BCUT2D eigenvalue weighted by molar-refractivity contribution is 0.0391. The maximum absolute atomic E-state index is 13.4. The zero-order valence-electron chi connectivity index (χ0n) is 16.7. The van der Waals surface area contributed by atoms with E-state index in [9.17, 15) is 4.79 Å². The first-order chi connectivity index (χ1) is 14.0. The molecular formula is C22H24ClN3O2S. The van der Waals surface area contributed by atoms with E-state index in [1.165, 1.54) is 11.1 Å². The van der Waals surface area contributed by atoms with E-state index in [0.29, 0.717) is 17.1 Å². The van der Waals surface area contributed by atoms with E-state index in [1.807, 2.05) is 0 Å². The van der Waals surface area contributed by atoms with Crippen LogP contribution in [0.1, 0.15) is 21.5 Å². The normalized spacial score (nSPS) is 15.0. The average Bonchev–Trinajstić information content (AvgIpc) is 3.13. The summed E-state index contributed by atoms with van der Waals surface area (Å²) < 4.78 is 6.57. The van der Waals surface area contributed by atoms with Gasteiger partial charge >= 0.3 is 0 Å². The predicted molar refractivity (Wildman–Crippen MR) is 119 cm³/mol. The number of aromatic nitrogens is 1. The molecule has 0 unspecified atom stereocenters. The largest absolute Gasteiger partial charge is 0.379 e. The highest BCUT2D eigenvalue weighted by Gasteiger charge is 2.23. The lowest BCUT2D eigenvalue weighted by Gasteiger charge is -2.29. The van der Waals surface area contributed by atoms with Crippen molar-refractivity contribution in [2.45, 2.75) is 13.8 Å². The molecule has 3 aromatic rings. The number of benzene rings is 2. The van der Waals surface area contributed by atoms with Gasteiger partial charge in [-0.1, -0.05) is 29.0 Å². The molecule has 5 nitrogen and oxygen atoms in total. The Labute approximate surface area is 179 Å². The van der Waals surface area contributed by atoms with E-state index in [2.05, 4.69) is 30.9 Å². The number of fused-ring (bicyclic) bond motifs is 1. The van der Waals surface area contributed by atoms with E-state index < -0.39 is 0 Å². The summed E-state index contributed by atoms with van der Waals surface area (Å²) in [7, 11) is 0. The van der Waals surface area contributed by atoms with Crippen LogP contribution in [0.15, 0.2) is 36.4 Å². The Bertz CT molecular complexity index is 1010. The summed E-state index contributed by atoms with van der Waals surface area (Å²) in [4.78, 5) is 22.3. The molecule has 0 atom stereocenters. The first-order valence-corrected chi connectivity index (χ1v) is 11.0. The number of thiazole rings is 1. The summed E-state index contributed by atoms with van der Waals surface area (Å²) in [6.07, 6.45) is 0. The summed E-state index contributed by atoms with van der Waals surface area (Å²) in [5.41, 5.74) is 3.93. The van der Waals surface area contributed by atoms with E-state index in [1.54, 1.807) is 40.5 Å². The number of hydrogen-bond donors (Lipinski definition) is 0. The van der Waals surface area contributed by atoms with E-state index >= 15 is 0 Å². The molecule has 0 aliphatic carbocycles. The van der Waals surface area contributed by atoms with Crippen molar-refractivity contribution in [2.24, 2.45) is 0 Å². The molecule has 29 heavy (non-hydrogen) atoms. The van der Waals surface area contributed by atoms with E-state index in [4.69, 9.17) is 21.3 Å². The highest BCUT2D eigenvalue weighted by atomic mass is 35.5. The monoisotopic (exact) mass is 429 g/mol. The van der Waals surface area contributed by atoms with Crippen molar-refractivity contribution >= 4 is 44.2 Å². The van der Waals surface area contributed by atoms with Crippen molar-refractivity contribution in [1.29, 1.82) is 0 Å². The second-order valence-electron chi connectivity index (χ2n) is 7.34. The molecule has 1 aliphatic heterocycles. The summed E-state index contributed by atoms with van der Waals surface area (Å²) in [6.45, 7) is 8.80. The molecular weight excluding hydrogens is 406 g/mol. The maximum Gasteiger partial charge on any atom is 0.260 e. The minimum absolute atomic E-state index is 0.0524. The summed E-state index contributed by atoms with van der Waals surface area (Å²) in [5.74, 6) is -0.0524. The highest BCUT2D eigenvalue weighted by Crippen LogP contribution is 2.33. The highest BCUT2D eigenvalue weighted by molar-refractivity contribution is 7.22. The van der Waals surface area contributed by atoms with Crippen LogP contribution in [-0.2, 0) is 4.74 Å². The molecule has 1 aromatic heterocycles. The van der Waals surface area contributed by atoms with Gasteiger partial charge in [-0.3, -0.25) is 14.6 Å². The molecule has 0 N–H and O–H groups in total. The van der Waals surface area contributed by atoms with Crippen LogP contribution in [0, 0.1) is 13.8 Å². The maximum atomic E-state index is 13.4. The fourth-order valence-electron chi connectivity index (χ4n) is 3.58. The lowest BCUT2D eigenvalue weighted by atomic mass is 10.1. The van der Waals surface area contributed by atoms with Gasteiger partial charge in [-0.05, 0) is 55.3 Å². The zero-order chi connectivity index (χ0) is 20.4. The Balaban J connectivity index is 1.66. The summed E-state index contributed by atoms with van der Waals surface area (Å²) in [5, 5.41) is 1.36. The topological polar surface area (TPSA) is 45.7 Å². The van der Waals surface area contributed by atoms with Crippen LogP contribution in [-0.4, -0.2) is 55.2 Å². The Kier molecular flexibility index (Phi) is 6.15. The van der Waals surface area contributed by atoms with Crippen molar-refractivity contribution in [1.82, 2.24) is 9.88 Å². The van der Waals surface area contributed by atoms with Gasteiger partial charge in [0.25, 0.3) is 5.91 Å². The molecule has 2 aromatic carbocycles. The number of rotatable bonds is 5. The van der Waals surface area contributed by atoms with Crippen LogP contribution in [0.25, 0.3) is 10.2 Å².